The van der Waals surface area contributed by atoms with E-state index in [0.29, 0.717) is 19.5 Å². The molecule has 0 radical (unpaired) electrons. The quantitative estimate of drug-likeness (QED) is 0.762. The first-order chi connectivity index (χ1) is 11.8. The smallest absolute Gasteiger partial charge is 0.326 e. The molecule has 1 heterocycles. The van der Waals surface area contributed by atoms with Crippen molar-refractivity contribution in [3.05, 3.63) is 29.8 Å². The molecule has 2 atom stereocenters. The van der Waals surface area contributed by atoms with Crippen LogP contribution in [0.2, 0.25) is 0 Å². The Morgan fingerprint density at radius 3 is 2.24 bits per heavy atom. The van der Waals surface area contributed by atoms with Gasteiger partial charge < -0.3 is 10.4 Å². The third-order valence-electron chi connectivity index (χ3n) is 4.58. The summed E-state index contributed by atoms with van der Waals surface area (Å²) in [6.07, 6.45) is 2.32. The number of rotatable bonds is 7. The molecule has 7 nitrogen and oxygen atoms in total. The Morgan fingerprint density at radius 1 is 1.20 bits per heavy atom. The Hall–Kier alpha value is -1.93. The summed E-state index contributed by atoms with van der Waals surface area (Å²) >= 11 is 0. The van der Waals surface area contributed by atoms with E-state index in [-0.39, 0.29) is 16.4 Å². The van der Waals surface area contributed by atoms with Crippen molar-refractivity contribution in [1.29, 1.82) is 0 Å². The van der Waals surface area contributed by atoms with Crippen molar-refractivity contribution in [2.75, 3.05) is 13.1 Å². The summed E-state index contributed by atoms with van der Waals surface area (Å²) in [4.78, 5) is 23.7. The SMILES string of the molecule is CC[C@H](C)[C@H](NC(=O)c1ccc(S(=O)(=O)N2CCCC2)cc1)C(=O)O. The van der Waals surface area contributed by atoms with E-state index in [2.05, 4.69) is 5.32 Å². The van der Waals surface area contributed by atoms with Gasteiger partial charge in [-0.15, -0.1) is 0 Å². The lowest BCUT2D eigenvalue weighted by Gasteiger charge is -2.20. The highest BCUT2D eigenvalue weighted by molar-refractivity contribution is 7.89. The minimum atomic E-state index is -3.53. The third kappa shape index (κ3) is 4.38. The van der Waals surface area contributed by atoms with E-state index in [1.165, 1.54) is 28.6 Å². The molecule has 1 fully saturated rings. The monoisotopic (exact) mass is 368 g/mol. The van der Waals surface area contributed by atoms with Gasteiger partial charge in [-0.3, -0.25) is 4.79 Å². The molecule has 0 saturated carbocycles. The lowest BCUT2D eigenvalue weighted by Crippen LogP contribution is -2.45. The molecule has 1 aliphatic rings. The Bertz CT molecular complexity index is 724. The summed E-state index contributed by atoms with van der Waals surface area (Å²) in [5.74, 6) is -1.83. The average Bonchev–Trinajstić information content (AvgIpc) is 3.14. The molecule has 2 N–H and O–H groups in total. The van der Waals surface area contributed by atoms with Gasteiger partial charge in [0, 0.05) is 18.7 Å². The highest BCUT2D eigenvalue weighted by Gasteiger charge is 2.28. The molecule has 1 aliphatic heterocycles. The zero-order chi connectivity index (χ0) is 18.6. The van der Waals surface area contributed by atoms with Crippen LogP contribution in [0.25, 0.3) is 0 Å². The highest BCUT2D eigenvalue weighted by Crippen LogP contribution is 2.21. The second-order valence-corrected chi connectivity index (χ2v) is 8.25. The third-order valence-corrected chi connectivity index (χ3v) is 6.50. The molecule has 2 rings (SSSR count). The van der Waals surface area contributed by atoms with E-state index in [1.807, 2.05) is 6.92 Å². The molecule has 25 heavy (non-hydrogen) atoms. The lowest BCUT2D eigenvalue weighted by molar-refractivity contribution is -0.140. The van der Waals surface area contributed by atoms with Gasteiger partial charge in [-0.1, -0.05) is 20.3 Å². The fraction of sp³-hybridized carbons (Fsp3) is 0.529. The maximum atomic E-state index is 12.5. The van der Waals surface area contributed by atoms with Gasteiger partial charge in [0.25, 0.3) is 5.91 Å². The van der Waals surface area contributed by atoms with Crippen LogP contribution >= 0.6 is 0 Å². The van der Waals surface area contributed by atoms with Gasteiger partial charge in [0.1, 0.15) is 6.04 Å². The van der Waals surface area contributed by atoms with E-state index >= 15 is 0 Å². The molecule has 1 amide bonds. The number of benzene rings is 1. The lowest BCUT2D eigenvalue weighted by atomic mass is 9.99. The van der Waals surface area contributed by atoms with Crippen molar-refractivity contribution < 1.29 is 23.1 Å². The number of nitrogens with zero attached hydrogens (tertiary/aromatic N) is 1. The van der Waals surface area contributed by atoms with Crippen LogP contribution < -0.4 is 5.32 Å². The molecule has 1 aromatic carbocycles. The maximum absolute atomic E-state index is 12.5. The normalized spacial score (nSPS) is 17.8. The van der Waals surface area contributed by atoms with Crippen LogP contribution in [0.4, 0.5) is 0 Å². The minimum absolute atomic E-state index is 0.141. The largest absolute Gasteiger partial charge is 0.480 e. The predicted octanol–water partition coefficient (Wildman–Crippen LogP) is 1.70. The fourth-order valence-electron chi connectivity index (χ4n) is 2.76. The number of carboxylic acids is 1. The number of hydrogen-bond donors (Lipinski definition) is 2. The van der Waals surface area contributed by atoms with Gasteiger partial charge in [-0.25, -0.2) is 13.2 Å². The first-order valence-corrected chi connectivity index (χ1v) is 9.85. The molecule has 1 saturated heterocycles. The number of carbonyl (C=O) groups is 2. The van der Waals surface area contributed by atoms with Crippen molar-refractivity contribution in [3.63, 3.8) is 0 Å². The van der Waals surface area contributed by atoms with Crippen LogP contribution in [0.15, 0.2) is 29.2 Å². The number of aliphatic carboxylic acids is 1. The van der Waals surface area contributed by atoms with Crippen LogP contribution in [-0.4, -0.2) is 48.8 Å². The minimum Gasteiger partial charge on any atom is -0.480 e. The summed E-state index contributed by atoms with van der Waals surface area (Å²) in [5, 5.41) is 11.7. The highest BCUT2D eigenvalue weighted by atomic mass is 32.2. The molecular formula is C17H24N2O5S. The Balaban J connectivity index is 2.13. The molecule has 0 bridgehead atoms. The first-order valence-electron chi connectivity index (χ1n) is 8.41. The van der Waals surface area contributed by atoms with E-state index in [0.717, 1.165) is 12.8 Å². The van der Waals surface area contributed by atoms with E-state index in [9.17, 15) is 23.1 Å². The number of sulfonamides is 1. The van der Waals surface area contributed by atoms with Crippen molar-refractivity contribution in [1.82, 2.24) is 9.62 Å². The Labute approximate surface area is 148 Å². The van der Waals surface area contributed by atoms with Crippen molar-refractivity contribution in [2.24, 2.45) is 5.92 Å². The van der Waals surface area contributed by atoms with Gasteiger partial charge in [0.15, 0.2) is 0 Å². The van der Waals surface area contributed by atoms with Gasteiger partial charge >= 0.3 is 5.97 Å². The van der Waals surface area contributed by atoms with E-state index in [1.54, 1.807) is 6.92 Å². The topological polar surface area (TPSA) is 104 Å². The summed E-state index contributed by atoms with van der Waals surface area (Å²) in [6, 6.07) is 4.62. The average molecular weight is 368 g/mol. The molecule has 0 unspecified atom stereocenters. The number of nitrogens with one attached hydrogen (secondary N) is 1. The van der Waals surface area contributed by atoms with Crippen LogP contribution in [-0.2, 0) is 14.8 Å². The summed E-state index contributed by atoms with van der Waals surface area (Å²) in [7, 11) is -3.53. The van der Waals surface area contributed by atoms with Gasteiger partial charge in [-0.2, -0.15) is 4.31 Å². The standard InChI is InChI=1S/C17H24N2O5S/c1-3-12(2)15(17(21)22)18-16(20)13-6-8-14(9-7-13)25(23,24)19-10-4-5-11-19/h6-9,12,15H,3-5,10-11H2,1-2H3,(H,18,20)(H,21,22)/t12-,15-/m0/s1. The molecule has 138 valence electrons. The molecule has 1 aromatic rings. The zero-order valence-electron chi connectivity index (χ0n) is 14.4. The van der Waals surface area contributed by atoms with Crippen molar-refractivity contribution in [2.45, 2.75) is 44.0 Å². The number of carbonyl (C=O) groups excluding carboxylic acids is 1. The summed E-state index contributed by atoms with van der Waals surface area (Å²) < 4.78 is 26.4. The second-order valence-electron chi connectivity index (χ2n) is 6.31. The number of hydrogen-bond acceptors (Lipinski definition) is 4. The molecule has 0 aliphatic carbocycles. The van der Waals surface area contributed by atoms with Crippen LogP contribution in [0.5, 0.6) is 0 Å². The molecule has 0 spiro atoms. The van der Waals surface area contributed by atoms with E-state index < -0.39 is 27.9 Å². The fourth-order valence-corrected chi connectivity index (χ4v) is 4.28. The Kier molecular flexibility index (Phi) is 6.18. The van der Waals surface area contributed by atoms with Crippen LogP contribution in [0.3, 0.4) is 0 Å². The van der Waals surface area contributed by atoms with Crippen molar-refractivity contribution >= 4 is 21.9 Å². The van der Waals surface area contributed by atoms with Gasteiger partial charge in [0.05, 0.1) is 4.90 Å². The summed E-state index contributed by atoms with van der Waals surface area (Å²) in [6.45, 7) is 4.63. The van der Waals surface area contributed by atoms with Gasteiger partial charge in [-0.05, 0) is 43.0 Å². The molecule has 0 aromatic heterocycles. The first kappa shape index (κ1) is 19.4. The molecular weight excluding hydrogens is 344 g/mol. The van der Waals surface area contributed by atoms with Gasteiger partial charge in [0.2, 0.25) is 10.0 Å². The van der Waals surface area contributed by atoms with Crippen LogP contribution in [0.1, 0.15) is 43.5 Å². The Morgan fingerprint density at radius 2 is 1.76 bits per heavy atom. The molecule has 8 heteroatoms. The predicted molar refractivity (Wildman–Crippen MR) is 92.8 cm³/mol. The second kappa shape index (κ2) is 7.97. The maximum Gasteiger partial charge on any atom is 0.326 e. The zero-order valence-corrected chi connectivity index (χ0v) is 15.3. The summed E-state index contributed by atoms with van der Waals surface area (Å²) in [5.41, 5.74) is 0.231. The van der Waals surface area contributed by atoms with Crippen LogP contribution in [0, 0.1) is 5.92 Å². The van der Waals surface area contributed by atoms with E-state index in [4.69, 9.17) is 0 Å². The number of carboxylic acid groups (broad SMARTS) is 1. The van der Waals surface area contributed by atoms with Crippen molar-refractivity contribution in [3.8, 4) is 0 Å². The number of amides is 1.